The third-order valence-corrected chi connectivity index (χ3v) is 4.28. The van der Waals surface area contributed by atoms with Crippen molar-refractivity contribution in [3.63, 3.8) is 0 Å². The Morgan fingerprint density at radius 2 is 1.88 bits per heavy atom. The molecule has 0 amide bonds. The molecule has 96 valence electrons. The van der Waals surface area contributed by atoms with Crippen molar-refractivity contribution in [2.45, 2.75) is 57.5 Å². The van der Waals surface area contributed by atoms with Crippen LogP contribution < -0.4 is 0 Å². The van der Waals surface area contributed by atoms with Gasteiger partial charge in [0.05, 0.1) is 11.3 Å². The molecule has 3 nitrogen and oxygen atoms in total. The maximum absolute atomic E-state index is 10.7. The van der Waals surface area contributed by atoms with E-state index in [1.807, 2.05) is 14.0 Å². The van der Waals surface area contributed by atoms with Crippen molar-refractivity contribution in [1.29, 1.82) is 0 Å². The minimum absolute atomic E-state index is 0.575. The fourth-order valence-corrected chi connectivity index (χ4v) is 3.01. The zero-order chi connectivity index (χ0) is 12.5. The quantitative estimate of drug-likeness (QED) is 0.826. The van der Waals surface area contributed by atoms with Crippen LogP contribution in [0.3, 0.4) is 0 Å². The first-order chi connectivity index (χ1) is 8.02. The van der Waals surface area contributed by atoms with Gasteiger partial charge in [0.1, 0.15) is 5.15 Å². The maximum atomic E-state index is 10.7. The van der Waals surface area contributed by atoms with Gasteiger partial charge in [-0.05, 0) is 19.8 Å². The van der Waals surface area contributed by atoms with E-state index in [1.165, 1.54) is 12.8 Å². The summed E-state index contributed by atoms with van der Waals surface area (Å²) in [5, 5.41) is 15.6. The van der Waals surface area contributed by atoms with Gasteiger partial charge in [0, 0.05) is 19.0 Å². The molecule has 1 aliphatic carbocycles. The van der Waals surface area contributed by atoms with Gasteiger partial charge in [0.2, 0.25) is 0 Å². The highest BCUT2D eigenvalue weighted by atomic mass is 35.5. The zero-order valence-corrected chi connectivity index (χ0v) is 11.4. The summed E-state index contributed by atoms with van der Waals surface area (Å²) in [6.45, 7) is 1.96. The number of aromatic nitrogens is 2. The van der Waals surface area contributed by atoms with Crippen molar-refractivity contribution in [3.05, 3.63) is 16.4 Å². The Hall–Kier alpha value is -0.540. The lowest BCUT2D eigenvalue weighted by Gasteiger charge is -2.26. The minimum atomic E-state index is -0.575. The van der Waals surface area contributed by atoms with E-state index >= 15 is 0 Å². The van der Waals surface area contributed by atoms with Crippen LogP contribution in [0.2, 0.25) is 5.15 Å². The predicted octanol–water partition coefficient (Wildman–Crippen LogP) is 3.01. The molecule has 1 heterocycles. The highest BCUT2D eigenvalue weighted by Gasteiger charge is 2.30. The molecule has 0 radical (unpaired) electrons. The highest BCUT2D eigenvalue weighted by molar-refractivity contribution is 6.30. The van der Waals surface area contributed by atoms with E-state index in [0.29, 0.717) is 11.6 Å². The lowest BCUT2D eigenvalue weighted by Crippen LogP contribution is -2.30. The molecule has 1 saturated carbocycles. The summed E-state index contributed by atoms with van der Waals surface area (Å²) in [5.41, 5.74) is 1.38. The summed E-state index contributed by atoms with van der Waals surface area (Å²) >= 11 is 6.23. The lowest BCUT2D eigenvalue weighted by molar-refractivity contribution is 0.0251. The van der Waals surface area contributed by atoms with Crippen LogP contribution in [0.25, 0.3) is 0 Å². The Morgan fingerprint density at radius 3 is 2.35 bits per heavy atom. The van der Waals surface area contributed by atoms with Crippen molar-refractivity contribution >= 4 is 11.6 Å². The van der Waals surface area contributed by atoms with Gasteiger partial charge in [0.25, 0.3) is 0 Å². The van der Waals surface area contributed by atoms with Gasteiger partial charge in [-0.3, -0.25) is 4.68 Å². The van der Waals surface area contributed by atoms with Crippen LogP contribution in [0.4, 0.5) is 0 Å². The minimum Gasteiger partial charge on any atom is -0.390 e. The number of rotatable bonds is 2. The Balaban J connectivity index is 2.18. The summed E-state index contributed by atoms with van der Waals surface area (Å²) in [6, 6.07) is 0. The first kappa shape index (κ1) is 12.9. The molecular weight excluding hydrogens is 236 g/mol. The molecule has 1 fully saturated rings. The van der Waals surface area contributed by atoms with E-state index in [9.17, 15) is 5.11 Å². The smallest absolute Gasteiger partial charge is 0.130 e. The number of nitrogens with zero attached hydrogens (tertiary/aromatic N) is 2. The zero-order valence-electron chi connectivity index (χ0n) is 10.7. The van der Waals surface area contributed by atoms with Gasteiger partial charge in [-0.15, -0.1) is 0 Å². The van der Waals surface area contributed by atoms with E-state index in [1.54, 1.807) is 4.68 Å². The average Bonchev–Trinajstić information content (AvgIpc) is 2.48. The van der Waals surface area contributed by atoms with Crippen LogP contribution in [0, 0.1) is 6.92 Å². The molecule has 1 N–H and O–H groups in total. The van der Waals surface area contributed by atoms with E-state index in [4.69, 9.17) is 11.6 Å². The Labute approximate surface area is 108 Å². The van der Waals surface area contributed by atoms with E-state index in [-0.39, 0.29) is 0 Å². The number of halogens is 1. The van der Waals surface area contributed by atoms with E-state index in [0.717, 1.165) is 36.9 Å². The molecule has 0 bridgehead atoms. The van der Waals surface area contributed by atoms with Gasteiger partial charge in [-0.2, -0.15) is 5.10 Å². The molecular formula is C13H21ClN2O. The first-order valence-electron chi connectivity index (χ1n) is 6.42. The van der Waals surface area contributed by atoms with Crippen molar-refractivity contribution < 1.29 is 5.11 Å². The van der Waals surface area contributed by atoms with Gasteiger partial charge in [0.15, 0.2) is 0 Å². The molecule has 4 heteroatoms. The van der Waals surface area contributed by atoms with Crippen molar-refractivity contribution in [1.82, 2.24) is 9.78 Å². The van der Waals surface area contributed by atoms with Crippen LogP contribution in [-0.4, -0.2) is 20.5 Å². The monoisotopic (exact) mass is 256 g/mol. The van der Waals surface area contributed by atoms with Gasteiger partial charge in [-0.25, -0.2) is 0 Å². The number of hydrogen-bond donors (Lipinski definition) is 1. The first-order valence-corrected chi connectivity index (χ1v) is 6.80. The van der Waals surface area contributed by atoms with Crippen LogP contribution in [0.5, 0.6) is 0 Å². The van der Waals surface area contributed by atoms with Crippen molar-refractivity contribution in [2.75, 3.05) is 0 Å². The van der Waals surface area contributed by atoms with Gasteiger partial charge >= 0.3 is 0 Å². The third-order valence-electron chi connectivity index (χ3n) is 3.81. The standard InChI is InChI=1S/C13H21ClN2O/c1-10-11(12(14)16(2)15-10)9-13(17)7-5-3-4-6-8-13/h17H,3-9H2,1-2H3. The Morgan fingerprint density at radius 1 is 1.29 bits per heavy atom. The molecule has 1 aromatic heterocycles. The van der Waals surface area contributed by atoms with Crippen LogP contribution in [0.1, 0.15) is 49.8 Å². The van der Waals surface area contributed by atoms with Crippen LogP contribution in [0.15, 0.2) is 0 Å². The second kappa shape index (κ2) is 4.99. The summed E-state index contributed by atoms with van der Waals surface area (Å²) in [4.78, 5) is 0. The molecule has 0 aromatic carbocycles. The van der Waals surface area contributed by atoms with Gasteiger partial charge < -0.3 is 5.11 Å². The lowest BCUT2D eigenvalue weighted by atomic mass is 9.88. The average molecular weight is 257 g/mol. The summed E-state index contributed by atoms with van der Waals surface area (Å²) in [6.07, 6.45) is 7.13. The van der Waals surface area contributed by atoms with Crippen LogP contribution in [-0.2, 0) is 13.5 Å². The molecule has 1 aliphatic rings. The largest absolute Gasteiger partial charge is 0.390 e. The molecule has 2 rings (SSSR count). The van der Waals surface area contributed by atoms with E-state index < -0.39 is 5.60 Å². The maximum Gasteiger partial charge on any atom is 0.130 e. The summed E-state index contributed by atoms with van der Waals surface area (Å²) in [7, 11) is 1.84. The molecule has 0 aliphatic heterocycles. The number of hydrogen-bond acceptors (Lipinski definition) is 2. The molecule has 17 heavy (non-hydrogen) atoms. The molecule has 0 unspecified atom stereocenters. The molecule has 1 aromatic rings. The Kier molecular flexibility index (Phi) is 3.79. The van der Waals surface area contributed by atoms with Crippen molar-refractivity contribution in [2.24, 2.45) is 7.05 Å². The summed E-state index contributed by atoms with van der Waals surface area (Å²) in [5.74, 6) is 0. The van der Waals surface area contributed by atoms with Gasteiger partial charge in [-0.1, -0.05) is 37.3 Å². The van der Waals surface area contributed by atoms with Crippen LogP contribution >= 0.6 is 11.6 Å². The second-order valence-electron chi connectivity index (χ2n) is 5.29. The molecule has 0 spiro atoms. The van der Waals surface area contributed by atoms with E-state index in [2.05, 4.69) is 5.10 Å². The topological polar surface area (TPSA) is 38.0 Å². The third kappa shape index (κ3) is 2.83. The molecule has 0 saturated heterocycles. The Bertz CT molecular complexity index is 392. The number of aryl methyl sites for hydroxylation is 2. The normalized spacial score (nSPS) is 20.2. The fraction of sp³-hybridized carbons (Fsp3) is 0.769. The van der Waals surface area contributed by atoms with Crippen molar-refractivity contribution in [3.8, 4) is 0 Å². The number of aliphatic hydroxyl groups is 1. The second-order valence-corrected chi connectivity index (χ2v) is 5.65. The fourth-order valence-electron chi connectivity index (χ4n) is 2.77. The predicted molar refractivity (Wildman–Crippen MR) is 69.3 cm³/mol. The highest BCUT2D eigenvalue weighted by Crippen LogP contribution is 2.33. The molecule has 0 atom stereocenters. The SMILES string of the molecule is Cc1nn(C)c(Cl)c1CC1(O)CCCCCC1. The summed E-state index contributed by atoms with van der Waals surface area (Å²) < 4.78 is 1.69.